The van der Waals surface area contributed by atoms with E-state index in [0.29, 0.717) is 5.56 Å². The molecule has 21 heavy (non-hydrogen) atoms. The van der Waals surface area contributed by atoms with Crippen LogP contribution in [0.25, 0.3) is 10.8 Å². The molecule has 2 aromatic rings. The van der Waals surface area contributed by atoms with Gasteiger partial charge in [0, 0.05) is 17.5 Å². The van der Waals surface area contributed by atoms with E-state index in [1.54, 1.807) is 18.7 Å². The summed E-state index contributed by atoms with van der Waals surface area (Å²) in [6.45, 7) is 3.82. The van der Waals surface area contributed by atoms with E-state index < -0.39 is 5.41 Å². The molecule has 0 fully saturated rings. The minimum Gasteiger partial charge on any atom is -0.307 e. The second-order valence-electron chi connectivity index (χ2n) is 5.93. The van der Waals surface area contributed by atoms with Crippen molar-refractivity contribution >= 4 is 28.3 Å². The molecule has 0 saturated heterocycles. The number of carbonyl (C=O) groups excluding carboxylic acids is 2. The average Bonchev–Trinajstić information content (AvgIpc) is 2.74. The molecule has 3 N–H and O–H groups in total. The maximum Gasteiger partial charge on any atom is 0.259 e. The quantitative estimate of drug-likeness (QED) is 0.512. The van der Waals surface area contributed by atoms with Crippen molar-refractivity contribution in [2.75, 3.05) is 11.4 Å². The normalized spacial score (nSPS) is 13.9. The van der Waals surface area contributed by atoms with Gasteiger partial charge in [0.15, 0.2) is 0 Å². The van der Waals surface area contributed by atoms with Crippen LogP contribution in [0.5, 0.6) is 0 Å². The predicted molar refractivity (Wildman–Crippen MR) is 81.7 cm³/mol. The van der Waals surface area contributed by atoms with Gasteiger partial charge in [0.1, 0.15) is 0 Å². The summed E-state index contributed by atoms with van der Waals surface area (Å²) in [5.41, 5.74) is 2.93. The molecule has 0 spiro atoms. The van der Waals surface area contributed by atoms with Gasteiger partial charge in [-0.1, -0.05) is 24.3 Å². The molecule has 0 atom stereocenters. The zero-order valence-electron chi connectivity index (χ0n) is 12.0. The molecule has 0 aromatic heterocycles. The Morgan fingerprint density at radius 1 is 1.24 bits per heavy atom. The lowest BCUT2D eigenvalue weighted by atomic mass is 9.91. The van der Waals surface area contributed by atoms with Gasteiger partial charge in [-0.25, -0.2) is 5.84 Å². The van der Waals surface area contributed by atoms with E-state index >= 15 is 0 Å². The SMILES string of the molecule is CC(C)(CN1C(=O)c2cccc3cccc1c23)C(=O)NN. The number of benzene rings is 2. The Hall–Kier alpha value is -2.40. The molecule has 1 heterocycles. The third-order valence-corrected chi connectivity index (χ3v) is 3.95. The van der Waals surface area contributed by atoms with Crippen LogP contribution in [0.2, 0.25) is 0 Å². The first-order chi connectivity index (χ1) is 9.95. The predicted octanol–water partition coefficient (Wildman–Crippen LogP) is 1.82. The number of amides is 2. The number of carbonyl (C=O) groups is 2. The van der Waals surface area contributed by atoms with Gasteiger partial charge in [0.05, 0.1) is 11.1 Å². The van der Waals surface area contributed by atoms with Gasteiger partial charge in [-0.05, 0) is 31.4 Å². The first-order valence-electron chi connectivity index (χ1n) is 6.80. The van der Waals surface area contributed by atoms with Gasteiger partial charge in [-0.2, -0.15) is 0 Å². The lowest BCUT2D eigenvalue weighted by Gasteiger charge is -2.28. The van der Waals surface area contributed by atoms with E-state index in [4.69, 9.17) is 5.84 Å². The molecular weight excluding hydrogens is 266 g/mol. The third kappa shape index (κ3) is 1.97. The summed E-state index contributed by atoms with van der Waals surface area (Å²) in [6.07, 6.45) is 0. The van der Waals surface area contributed by atoms with Crippen LogP contribution in [0, 0.1) is 5.41 Å². The van der Waals surface area contributed by atoms with Crippen molar-refractivity contribution in [1.82, 2.24) is 5.43 Å². The second kappa shape index (κ2) is 4.56. The van der Waals surface area contributed by atoms with E-state index in [-0.39, 0.29) is 18.4 Å². The molecule has 0 aliphatic carbocycles. The summed E-state index contributed by atoms with van der Waals surface area (Å²) < 4.78 is 0. The molecule has 3 rings (SSSR count). The van der Waals surface area contributed by atoms with Gasteiger partial charge < -0.3 is 4.90 Å². The molecule has 5 nitrogen and oxygen atoms in total. The summed E-state index contributed by atoms with van der Waals surface area (Å²) in [4.78, 5) is 26.2. The summed E-state index contributed by atoms with van der Waals surface area (Å²) >= 11 is 0. The van der Waals surface area contributed by atoms with Gasteiger partial charge in [-0.15, -0.1) is 0 Å². The Bertz CT molecular complexity index is 747. The van der Waals surface area contributed by atoms with E-state index in [9.17, 15) is 9.59 Å². The Morgan fingerprint density at radius 3 is 2.57 bits per heavy atom. The van der Waals surface area contributed by atoms with E-state index in [2.05, 4.69) is 5.43 Å². The largest absolute Gasteiger partial charge is 0.307 e. The van der Waals surface area contributed by atoms with Gasteiger partial charge in [-0.3, -0.25) is 15.0 Å². The highest BCUT2D eigenvalue weighted by atomic mass is 16.2. The van der Waals surface area contributed by atoms with Gasteiger partial charge in [0.2, 0.25) is 5.91 Å². The topological polar surface area (TPSA) is 75.4 Å². The van der Waals surface area contributed by atoms with Crippen LogP contribution < -0.4 is 16.2 Å². The number of hydrogen-bond donors (Lipinski definition) is 2. The molecule has 0 radical (unpaired) electrons. The number of anilines is 1. The highest BCUT2D eigenvalue weighted by molar-refractivity contribution is 6.25. The first-order valence-corrected chi connectivity index (χ1v) is 6.80. The first kappa shape index (κ1) is 13.6. The van der Waals surface area contributed by atoms with E-state index in [1.807, 2.05) is 36.4 Å². The maximum atomic E-state index is 12.6. The lowest BCUT2D eigenvalue weighted by Crippen LogP contribution is -2.48. The lowest BCUT2D eigenvalue weighted by molar-refractivity contribution is -0.128. The van der Waals surface area contributed by atoms with Crippen LogP contribution in [0.4, 0.5) is 5.69 Å². The number of nitrogens with two attached hydrogens (primary N) is 1. The van der Waals surface area contributed by atoms with E-state index in [0.717, 1.165) is 16.5 Å². The standard InChI is InChI=1S/C16H17N3O2/c1-16(2,15(21)18-17)9-19-12-8-4-6-10-5-3-7-11(13(10)12)14(19)20/h3-8H,9,17H2,1-2H3,(H,18,21). The average molecular weight is 283 g/mol. The number of rotatable bonds is 3. The molecule has 1 aliphatic rings. The highest BCUT2D eigenvalue weighted by Gasteiger charge is 2.36. The highest BCUT2D eigenvalue weighted by Crippen LogP contribution is 2.38. The molecule has 108 valence electrons. The fourth-order valence-electron chi connectivity index (χ4n) is 2.80. The zero-order valence-corrected chi connectivity index (χ0v) is 12.0. The Morgan fingerprint density at radius 2 is 1.90 bits per heavy atom. The summed E-state index contributed by atoms with van der Waals surface area (Å²) in [5, 5.41) is 1.98. The van der Waals surface area contributed by atoms with Crippen molar-refractivity contribution in [2.24, 2.45) is 11.3 Å². The van der Waals surface area contributed by atoms with Crippen molar-refractivity contribution in [3.63, 3.8) is 0 Å². The van der Waals surface area contributed by atoms with Crippen LogP contribution >= 0.6 is 0 Å². The Kier molecular flexibility index (Phi) is 2.95. The maximum absolute atomic E-state index is 12.6. The second-order valence-corrected chi connectivity index (χ2v) is 5.93. The molecule has 0 bridgehead atoms. The molecule has 1 aliphatic heterocycles. The Balaban J connectivity index is 2.06. The summed E-state index contributed by atoms with van der Waals surface area (Å²) in [5.74, 6) is 4.86. The van der Waals surface area contributed by atoms with Crippen LogP contribution in [-0.4, -0.2) is 18.4 Å². The minimum absolute atomic E-state index is 0.0697. The number of hydrogen-bond acceptors (Lipinski definition) is 3. The third-order valence-electron chi connectivity index (χ3n) is 3.95. The number of nitrogens with one attached hydrogen (secondary N) is 1. The molecule has 0 saturated carbocycles. The molecule has 0 unspecified atom stereocenters. The van der Waals surface area contributed by atoms with Crippen molar-refractivity contribution in [3.8, 4) is 0 Å². The molecule has 2 aromatic carbocycles. The molecule has 2 amide bonds. The Labute approximate surface area is 122 Å². The van der Waals surface area contributed by atoms with Gasteiger partial charge >= 0.3 is 0 Å². The minimum atomic E-state index is -0.769. The van der Waals surface area contributed by atoms with Crippen molar-refractivity contribution in [3.05, 3.63) is 42.0 Å². The molecular formula is C16H17N3O2. The smallest absolute Gasteiger partial charge is 0.259 e. The monoisotopic (exact) mass is 283 g/mol. The number of nitrogens with zero attached hydrogens (tertiary/aromatic N) is 1. The fraction of sp³-hybridized carbons (Fsp3) is 0.250. The fourth-order valence-corrected chi connectivity index (χ4v) is 2.80. The van der Waals surface area contributed by atoms with Gasteiger partial charge in [0.25, 0.3) is 5.91 Å². The van der Waals surface area contributed by atoms with Crippen LogP contribution in [0.15, 0.2) is 36.4 Å². The van der Waals surface area contributed by atoms with Crippen molar-refractivity contribution in [2.45, 2.75) is 13.8 Å². The number of hydrazine groups is 1. The van der Waals surface area contributed by atoms with E-state index in [1.165, 1.54) is 0 Å². The summed E-state index contributed by atoms with van der Waals surface area (Å²) in [7, 11) is 0. The van der Waals surface area contributed by atoms with Crippen LogP contribution in [0.3, 0.4) is 0 Å². The zero-order chi connectivity index (χ0) is 15.2. The van der Waals surface area contributed by atoms with Crippen LogP contribution in [0.1, 0.15) is 24.2 Å². The van der Waals surface area contributed by atoms with Crippen molar-refractivity contribution < 1.29 is 9.59 Å². The van der Waals surface area contributed by atoms with Crippen molar-refractivity contribution in [1.29, 1.82) is 0 Å². The summed E-state index contributed by atoms with van der Waals surface area (Å²) in [6, 6.07) is 11.5. The molecule has 5 heteroatoms. The van der Waals surface area contributed by atoms with Crippen LogP contribution in [-0.2, 0) is 4.79 Å².